The van der Waals surface area contributed by atoms with Crippen LogP contribution in [0.2, 0.25) is 0 Å². The predicted molar refractivity (Wildman–Crippen MR) is 254 cm³/mol. The number of allylic oxidation sites excluding steroid dienone is 10. The Morgan fingerprint density at radius 2 is 0.918 bits per heavy atom. The van der Waals surface area contributed by atoms with Crippen molar-refractivity contribution in [2.45, 2.75) is 219 Å². The highest BCUT2D eigenvalue weighted by Gasteiger charge is 2.25. The Bertz CT molecular complexity index is 1180. The van der Waals surface area contributed by atoms with Gasteiger partial charge < -0.3 is 28.6 Å². The van der Waals surface area contributed by atoms with E-state index in [1.54, 1.807) is 21.1 Å². The summed E-state index contributed by atoms with van der Waals surface area (Å²) < 4.78 is 17.2. The van der Waals surface area contributed by atoms with Crippen molar-refractivity contribution in [3.05, 3.63) is 60.8 Å². The van der Waals surface area contributed by atoms with Crippen LogP contribution < -0.4 is 5.11 Å². The first-order valence-electron chi connectivity index (χ1n) is 24.8. The van der Waals surface area contributed by atoms with Crippen LogP contribution in [0.3, 0.4) is 0 Å². The zero-order valence-corrected chi connectivity index (χ0v) is 40.1. The summed E-state index contributed by atoms with van der Waals surface area (Å²) >= 11 is 0. The maximum absolute atomic E-state index is 12.8. The molecule has 0 aromatic heterocycles. The van der Waals surface area contributed by atoms with Crippen molar-refractivity contribution in [3.8, 4) is 0 Å². The number of hydrogen-bond acceptors (Lipinski definition) is 7. The third kappa shape index (κ3) is 42.1. The van der Waals surface area contributed by atoms with Crippen LogP contribution in [0, 0.1) is 0 Å². The number of aliphatic carboxylic acids is 1. The molecule has 61 heavy (non-hydrogen) atoms. The molecule has 0 aromatic rings. The predicted octanol–water partition coefficient (Wildman–Crippen LogP) is 12.8. The largest absolute Gasteiger partial charge is 0.544 e. The molecule has 0 aliphatic carbocycles. The van der Waals surface area contributed by atoms with E-state index >= 15 is 0 Å². The van der Waals surface area contributed by atoms with Gasteiger partial charge in [0.25, 0.3) is 0 Å². The number of unbranched alkanes of at least 4 members (excludes halogenated alkanes) is 20. The van der Waals surface area contributed by atoms with E-state index < -0.39 is 18.1 Å². The van der Waals surface area contributed by atoms with Gasteiger partial charge >= 0.3 is 11.9 Å². The SMILES string of the molecule is CC/C=C/C/C=C/C/C=C/C/C=C/CCCCCCCCC(=O)OC(COCCC(C(=O)[O-])[N+](C)(C)C)COC(=O)CCCCCCC/C=C/CCCCCCCCCCC. The minimum Gasteiger partial charge on any atom is -0.544 e. The number of carboxylic acid groups (broad SMARTS) is 1. The summed E-state index contributed by atoms with van der Waals surface area (Å²) in [6.45, 7) is 4.54. The maximum Gasteiger partial charge on any atom is 0.306 e. The fraction of sp³-hybridized carbons (Fsp3) is 0.755. The smallest absolute Gasteiger partial charge is 0.306 e. The summed E-state index contributed by atoms with van der Waals surface area (Å²) in [6.07, 6.45) is 53.9. The lowest BCUT2D eigenvalue weighted by Crippen LogP contribution is -2.55. The minimum atomic E-state index is -1.13. The van der Waals surface area contributed by atoms with Gasteiger partial charge in [0.05, 0.1) is 40.3 Å². The van der Waals surface area contributed by atoms with Crippen molar-refractivity contribution in [1.29, 1.82) is 0 Å². The molecule has 8 nitrogen and oxygen atoms in total. The van der Waals surface area contributed by atoms with Crippen molar-refractivity contribution in [1.82, 2.24) is 0 Å². The van der Waals surface area contributed by atoms with Crippen molar-refractivity contribution < 1.29 is 38.2 Å². The molecule has 0 rings (SSSR count). The fourth-order valence-corrected chi connectivity index (χ4v) is 7.06. The number of esters is 2. The molecule has 2 atom stereocenters. The van der Waals surface area contributed by atoms with Gasteiger partial charge in [0.1, 0.15) is 12.6 Å². The van der Waals surface area contributed by atoms with Crippen molar-refractivity contribution in [2.75, 3.05) is 41.0 Å². The van der Waals surface area contributed by atoms with Crippen LogP contribution in [0.1, 0.15) is 206 Å². The highest BCUT2D eigenvalue weighted by atomic mass is 16.6. The van der Waals surface area contributed by atoms with Crippen LogP contribution in [0.5, 0.6) is 0 Å². The lowest BCUT2D eigenvalue weighted by molar-refractivity contribution is -0.889. The number of carbonyl (C=O) groups is 3. The number of nitrogens with zero attached hydrogens (tertiary/aromatic N) is 1. The van der Waals surface area contributed by atoms with Gasteiger partial charge in [-0.3, -0.25) is 9.59 Å². The van der Waals surface area contributed by atoms with Crippen LogP contribution in [-0.2, 0) is 28.6 Å². The number of likely N-dealkylation sites (N-methyl/N-ethyl adjacent to an activating group) is 1. The monoisotopic (exact) mass is 856 g/mol. The van der Waals surface area contributed by atoms with Crippen LogP contribution in [-0.4, -0.2) is 75.5 Å². The van der Waals surface area contributed by atoms with E-state index in [-0.39, 0.29) is 42.7 Å². The lowest BCUT2D eigenvalue weighted by Gasteiger charge is -2.34. The quantitative estimate of drug-likeness (QED) is 0.0260. The van der Waals surface area contributed by atoms with Crippen LogP contribution >= 0.6 is 0 Å². The van der Waals surface area contributed by atoms with Crippen LogP contribution in [0.4, 0.5) is 0 Å². The molecule has 0 amide bonds. The maximum atomic E-state index is 12.8. The van der Waals surface area contributed by atoms with E-state index in [1.165, 1.54) is 83.5 Å². The molecular weight excluding hydrogens is 763 g/mol. The molecule has 0 fully saturated rings. The first-order chi connectivity index (χ1) is 29.6. The van der Waals surface area contributed by atoms with Gasteiger partial charge in [-0.1, -0.05) is 171 Å². The Kier molecular flexibility index (Phi) is 41.5. The van der Waals surface area contributed by atoms with Crippen LogP contribution in [0.25, 0.3) is 0 Å². The highest BCUT2D eigenvalue weighted by molar-refractivity contribution is 5.70. The second kappa shape index (κ2) is 43.7. The highest BCUT2D eigenvalue weighted by Crippen LogP contribution is 2.14. The Balaban J connectivity index is 4.32. The molecule has 0 bridgehead atoms. The summed E-state index contributed by atoms with van der Waals surface area (Å²) in [5.41, 5.74) is 0. The standard InChI is InChI=1S/C53H93NO7/c1-6-8-10-12-14-16-18-20-22-24-26-28-30-32-34-36-38-40-42-44-52(56)61-49(47-59-46-45-50(53(57)58)54(3,4)5)48-60-51(55)43-41-39-37-35-33-31-29-27-25-23-21-19-17-15-13-11-9-7-2/h8,10,14,16,20,22,26-29,49-50H,6-7,9,11-13,15,17-19,21,23-25,30-48H2,1-5H3/b10-8+,16-14+,22-20+,28-26+,29-27+. The number of carbonyl (C=O) groups excluding carboxylic acids is 3. The van der Waals surface area contributed by atoms with Gasteiger partial charge in [0, 0.05) is 19.3 Å². The summed E-state index contributed by atoms with van der Waals surface area (Å²) in [5.74, 6) is -1.76. The molecule has 352 valence electrons. The Hall–Kier alpha value is -2.97. The molecule has 0 saturated carbocycles. The average Bonchev–Trinajstić information content (AvgIpc) is 3.22. The second-order valence-electron chi connectivity index (χ2n) is 17.7. The average molecular weight is 856 g/mol. The third-order valence-electron chi connectivity index (χ3n) is 10.9. The number of carboxylic acids is 1. The molecule has 0 aromatic carbocycles. The Labute approximate surface area is 375 Å². The van der Waals surface area contributed by atoms with Gasteiger partial charge in [-0.05, 0) is 77.0 Å². The summed E-state index contributed by atoms with van der Waals surface area (Å²) in [6, 6.07) is -0.732. The zero-order chi connectivity index (χ0) is 44.9. The van der Waals surface area contributed by atoms with E-state index in [9.17, 15) is 19.5 Å². The summed E-state index contributed by atoms with van der Waals surface area (Å²) in [7, 11) is 5.40. The molecule has 0 N–H and O–H groups in total. The number of hydrogen-bond donors (Lipinski definition) is 0. The van der Waals surface area contributed by atoms with E-state index in [4.69, 9.17) is 14.2 Å². The lowest BCUT2D eigenvalue weighted by atomic mass is 10.1. The Morgan fingerprint density at radius 1 is 0.508 bits per heavy atom. The molecule has 8 heteroatoms. The van der Waals surface area contributed by atoms with E-state index in [0.717, 1.165) is 89.9 Å². The number of ether oxygens (including phenoxy) is 3. The molecule has 0 aliphatic rings. The molecule has 0 radical (unpaired) electrons. The third-order valence-corrected chi connectivity index (χ3v) is 10.9. The van der Waals surface area contributed by atoms with Gasteiger partial charge in [0.2, 0.25) is 0 Å². The first-order valence-corrected chi connectivity index (χ1v) is 24.8. The second-order valence-corrected chi connectivity index (χ2v) is 17.7. The topological polar surface area (TPSA) is 102 Å². The van der Waals surface area contributed by atoms with Crippen molar-refractivity contribution >= 4 is 17.9 Å². The number of rotatable bonds is 44. The van der Waals surface area contributed by atoms with Gasteiger partial charge in [-0.15, -0.1) is 0 Å². The molecule has 0 saturated heterocycles. The first kappa shape index (κ1) is 58.0. The summed E-state index contributed by atoms with van der Waals surface area (Å²) in [4.78, 5) is 37.0. The molecule has 0 aliphatic heterocycles. The van der Waals surface area contributed by atoms with E-state index in [0.29, 0.717) is 12.8 Å². The molecular formula is C53H93NO7. The fourth-order valence-electron chi connectivity index (χ4n) is 7.06. The minimum absolute atomic E-state index is 0.0306. The Morgan fingerprint density at radius 3 is 1.38 bits per heavy atom. The zero-order valence-electron chi connectivity index (χ0n) is 40.1. The van der Waals surface area contributed by atoms with Gasteiger partial charge in [-0.25, -0.2) is 0 Å². The van der Waals surface area contributed by atoms with Crippen molar-refractivity contribution in [2.24, 2.45) is 0 Å². The number of quaternary nitrogens is 1. The summed E-state index contributed by atoms with van der Waals surface area (Å²) in [5, 5.41) is 11.7. The van der Waals surface area contributed by atoms with Gasteiger partial charge in [0.15, 0.2) is 6.10 Å². The van der Waals surface area contributed by atoms with E-state index in [2.05, 4.69) is 74.6 Å². The van der Waals surface area contributed by atoms with Crippen LogP contribution in [0.15, 0.2) is 60.8 Å². The molecule has 0 heterocycles. The molecule has 0 spiro atoms. The van der Waals surface area contributed by atoms with Crippen molar-refractivity contribution in [3.63, 3.8) is 0 Å². The normalized spacial score (nSPS) is 13.4. The molecule has 2 unspecified atom stereocenters. The van der Waals surface area contributed by atoms with E-state index in [1.807, 2.05) is 0 Å². The van der Waals surface area contributed by atoms with Gasteiger partial charge in [-0.2, -0.15) is 0 Å².